The molecule has 4 aromatic rings. The molecule has 3 N–H and O–H groups in total. The van der Waals surface area contributed by atoms with Crippen molar-refractivity contribution in [3.8, 4) is 0 Å². The lowest BCUT2D eigenvalue weighted by Gasteiger charge is -2.11. The molecule has 2 heterocycles. The van der Waals surface area contributed by atoms with Gasteiger partial charge in [0.25, 0.3) is 5.91 Å². The summed E-state index contributed by atoms with van der Waals surface area (Å²) in [6.07, 6.45) is 1.16. The summed E-state index contributed by atoms with van der Waals surface area (Å²) in [7, 11) is 0. The number of hydrogen-bond donors (Lipinski definition) is 3. The first kappa shape index (κ1) is 19.2. The van der Waals surface area contributed by atoms with Gasteiger partial charge in [-0.3, -0.25) is 25.8 Å². The average molecular weight is 421 g/mol. The topological polar surface area (TPSA) is 135 Å². The number of fused-ring (bicyclic) bond motifs is 1. The van der Waals surface area contributed by atoms with E-state index in [0.29, 0.717) is 10.7 Å². The third-order valence-corrected chi connectivity index (χ3v) is 5.16. The quantitative estimate of drug-likeness (QED) is 0.316. The normalized spacial score (nSPS) is 10.6. The van der Waals surface area contributed by atoms with Crippen molar-refractivity contribution in [3.63, 3.8) is 0 Å². The molecule has 0 fully saturated rings. The van der Waals surface area contributed by atoms with Crippen LogP contribution >= 0.6 is 11.3 Å². The smallest absolute Gasteiger partial charge is 0.310 e. The molecule has 0 aliphatic heterocycles. The van der Waals surface area contributed by atoms with Crippen molar-refractivity contribution in [1.82, 2.24) is 20.4 Å². The van der Waals surface area contributed by atoms with E-state index >= 15 is 0 Å². The van der Waals surface area contributed by atoms with E-state index in [-0.39, 0.29) is 11.6 Å². The van der Waals surface area contributed by atoms with Gasteiger partial charge in [-0.25, -0.2) is 15.0 Å². The third kappa shape index (κ3) is 3.86. The van der Waals surface area contributed by atoms with E-state index in [4.69, 9.17) is 0 Å². The predicted octanol–water partition coefficient (Wildman–Crippen LogP) is 3.80. The van der Waals surface area contributed by atoms with Crippen molar-refractivity contribution in [2.75, 3.05) is 10.7 Å². The number of nitrogens with zero attached hydrogens (tertiary/aromatic N) is 4. The Hall–Kier alpha value is -4.12. The Morgan fingerprint density at radius 1 is 1.07 bits per heavy atom. The van der Waals surface area contributed by atoms with Crippen LogP contribution in [-0.4, -0.2) is 25.8 Å². The second-order valence-corrected chi connectivity index (χ2v) is 7.21. The number of thiazole rings is 1. The molecule has 11 heteroatoms. The lowest BCUT2D eigenvalue weighted by Crippen LogP contribution is -2.30. The van der Waals surface area contributed by atoms with E-state index in [1.54, 1.807) is 25.1 Å². The van der Waals surface area contributed by atoms with Crippen LogP contribution in [0.5, 0.6) is 0 Å². The van der Waals surface area contributed by atoms with Gasteiger partial charge in [-0.1, -0.05) is 41.7 Å². The Morgan fingerprint density at radius 3 is 2.57 bits per heavy atom. The zero-order chi connectivity index (χ0) is 21.1. The zero-order valence-electron chi connectivity index (χ0n) is 15.6. The summed E-state index contributed by atoms with van der Waals surface area (Å²) in [4.78, 5) is 35.7. The van der Waals surface area contributed by atoms with Gasteiger partial charge in [0.2, 0.25) is 11.6 Å². The van der Waals surface area contributed by atoms with E-state index in [1.807, 2.05) is 30.3 Å². The molecule has 4 rings (SSSR count). The minimum atomic E-state index is -0.627. The van der Waals surface area contributed by atoms with Gasteiger partial charge in [0, 0.05) is 5.56 Å². The standard InChI is InChI=1S/C19H15N7O3S/c1-11-6-2-3-7-12(11)18(27)25-24-17-15(26(28)29)16(20-10-21-17)23-19-22-13-8-4-5-9-14(13)30-19/h2-10H,1H3,(H,25,27)(H2,20,21,22,23,24). The number of nitro groups is 1. The number of anilines is 3. The number of aromatic nitrogens is 3. The molecule has 0 saturated heterocycles. The van der Waals surface area contributed by atoms with Gasteiger partial charge in [0.1, 0.15) is 6.33 Å². The fraction of sp³-hybridized carbons (Fsp3) is 0.0526. The molecule has 0 aliphatic rings. The Balaban J connectivity index is 1.59. The molecule has 0 bridgehead atoms. The number of rotatable bonds is 6. The molecule has 150 valence electrons. The second-order valence-electron chi connectivity index (χ2n) is 6.18. The lowest BCUT2D eigenvalue weighted by molar-refractivity contribution is -0.383. The number of amides is 1. The number of hydrogen-bond acceptors (Lipinski definition) is 9. The monoisotopic (exact) mass is 421 g/mol. The Labute approximate surface area is 174 Å². The minimum Gasteiger partial charge on any atom is -0.310 e. The number of carbonyl (C=O) groups is 1. The van der Waals surface area contributed by atoms with Crippen molar-refractivity contribution in [3.05, 3.63) is 76.1 Å². The van der Waals surface area contributed by atoms with Gasteiger partial charge in [-0.15, -0.1) is 0 Å². The summed E-state index contributed by atoms with van der Waals surface area (Å²) in [6.45, 7) is 1.79. The average Bonchev–Trinajstić information content (AvgIpc) is 3.14. The molecule has 10 nitrogen and oxygen atoms in total. The SMILES string of the molecule is Cc1ccccc1C(=O)NNc1ncnc(Nc2nc3ccccc3s2)c1[N+](=O)[O-]. The van der Waals surface area contributed by atoms with Gasteiger partial charge >= 0.3 is 5.69 Å². The largest absolute Gasteiger partial charge is 0.355 e. The highest BCUT2D eigenvalue weighted by molar-refractivity contribution is 7.22. The van der Waals surface area contributed by atoms with Crippen LogP contribution in [0.2, 0.25) is 0 Å². The Morgan fingerprint density at radius 2 is 1.80 bits per heavy atom. The molecule has 2 aromatic heterocycles. The number of nitrogens with one attached hydrogen (secondary N) is 3. The summed E-state index contributed by atoms with van der Waals surface area (Å²) in [5.41, 5.74) is 6.53. The third-order valence-electron chi connectivity index (χ3n) is 4.21. The zero-order valence-corrected chi connectivity index (χ0v) is 16.4. The highest BCUT2D eigenvalue weighted by Crippen LogP contribution is 2.33. The first-order valence-electron chi connectivity index (χ1n) is 8.77. The highest BCUT2D eigenvalue weighted by Gasteiger charge is 2.24. The number of benzene rings is 2. The molecule has 0 saturated carbocycles. The van der Waals surface area contributed by atoms with Crippen LogP contribution in [-0.2, 0) is 0 Å². The molecule has 0 aliphatic carbocycles. The second kappa shape index (κ2) is 8.09. The number of hydrazine groups is 1. The fourth-order valence-corrected chi connectivity index (χ4v) is 3.64. The van der Waals surface area contributed by atoms with E-state index < -0.39 is 16.5 Å². The first-order valence-corrected chi connectivity index (χ1v) is 9.58. The molecule has 30 heavy (non-hydrogen) atoms. The lowest BCUT2D eigenvalue weighted by atomic mass is 10.1. The number of aryl methyl sites for hydroxylation is 1. The van der Waals surface area contributed by atoms with Crippen molar-refractivity contribution >= 4 is 49.9 Å². The van der Waals surface area contributed by atoms with Crippen molar-refractivity contribution in [2.24, 2.45) is 0 Å². The fourth-order valence-electron chi connectivity index (χ4n) is 2.77. The van der Waals surface area contributed by atoms with Gasteiger partial charge in [0.15, 0.2) is 5.13 Å². The molecular weight excluding hydrogens is 406 g/mol. The Bertz CT molecular complexity index is 1220. The molecule has 0 spiro atoms. The maximum Gasteiger partial charge on any atom is 0.355 e. The first-order chi connectivity index (χ1) is 14.5. The van der Waals surface area contributed by atoms with Crippen LogP contribution in [0.25, 0.3) is 10.2 Å². The molecule has 0 radical (unpaired) electrons. The molecule has 2 aromatic carbocycles. The molecular formula is C19H15N7O3S. The van der Waals surface area contributed by atoms with Crippen LogP contribution in [0.1, 0.15) is 15.9 Å². The van der Waals surface area contributed by atoms with E-state index in [9.17, 15) is 14.9 Å². The maximum absolute atomic E-state index is 12.4. The van der Waals surface area contributed by atoms with Gasteiger partial charge in [-0.2, -0.15) is 0 Å². The summed E-state index contributed by atoms with van der Waals surface area (Å²) in [5, 5.41) is 15.0. The van der Waals surface area contributed by atoms with E-state index in [0.717, 1.165) is 22.1 Å². The number of carbonyl (C=O) groups excluding carboxylic acids is 1. The maximum atomic E-state index is 12.4. The van der Waals surface area contributed by atoms with Crippen LogP contribution < -0.4 is 16.2 Å². The molecule has 0 atom stereocenters. The Kier molecular flexibility index (Phi) is 5.18. The van der Waals surface area contributed by atoms with Crippen molar-refractivity contribution in [1.29, 1.82) is 0 Å². The van der Waals surface area contributed by atoms with Crippen molar-refractivity contribution < 1.29 is 9.72 Å². The molecule has 1 amide bonds. The summed E-state index contributed by atoms with van der Waals surface area (Å²) >= 11 is 1.34. The highest BCUT2D eigenvalue weighted by atomic mass is 32.1. The number of para-hydroxylation sites is 1. The summed E-state index contributed by atoms with van der Waals surface area (Å²) in [5.74, 6) is -0.635. The van der Waals surface area contributed by atoms with E-state index in [2.05, 4.69) is 31.1 Å². The predicted molar refractivity (Wildman–Crippen MR) is 114 cm³/mol. The summed E-state index contributed by atoms with van der Waals surface area (Å²) in [6, 6.07) is 14.5. The van der Waals surface area contributed by atoms with Crippen molar-refractivity contribution in [2.45, 2.75) is 6.92 Å². The summed E-state index contributed by atoms with van der Waals surface area (Å²) < 4.78 is 0.931. The van der Waals surface area contributed by atoms with E-state index in [1.165, 1.54) is 11.3 Å². The van der Waals surface area contributed by atoms with Crippen LogP contribution in [0.4, 0.5) is 22.5 Å². The molecule has 0 unspecified atom stereocenters. The van der Waals surface area contributed by atoms with Gasteiger partial charge < -0.3 is 5.32 Å². The van der Waals surface area contributed by atoms with Gasteiger partial charge in [0.05, 0.1) is 15.1 Å². The van der Waals surface area contributed by atoms with Gasteiger partial charge in [-0.05, 0) is 30.7 Å². The van der Waals surface area contributed by atoms with Crippen LogP contribution in [0.15, 0.2) is 54.9 Å². The van der Waals surface area contributed by atoms with Crippen LogP contribution in [0.3, 0.4) is 0 Å². The van der Waals surface area contributed by atoms with Crippen LogP contribution in [0, 0.1) is 17.0 Å². The minimum absolute atomic E-state index is 0.0401.